The summed E-state index contributed by atoms with van der Waals surface area (Å²) in [5, 5.41) is 0. The number of likely N-dealkylation sites (tertiary alicyclic amines) is 1. The van der Waals surface area contributed by atoms with Crippen molar-refractivity contribution in [2.24, 2.45) is 11.3 Å². The maximum absolute atomic E-state index is 13.1. The van der Waals surface area contributed by atoms with Crippen LogP contribution < -0.4 is 0 Å². The monoisotopic (exact) mass is 297 g/mol. The Kier molecular flexibility index (Phi) is 3.41. The van der Waals surface area contributed by atoms with E-state index < -0.39 is 0 Å². The van der Waals surface area contributed by atoms with E-state index in [1.807, 2.05) is 12.1 Å². The van der Waals surface area contributed by atoms with Gasteiger partial charge in [-0.05, 0) is 69.5 Å². The highest BCUT2D eigenvalue weighted by Gasteiger charge is 2.47. The second-order valence-corrected chi connectivity index (χ2v) is 7.92. The van der Waals surface area contributed by atoms with Gasteiger partial charge in [-0.15, -0.1) is 0 Å². The minimum atomic E-state index is -0.0759. The van der Waals surface area contributed by atoms with Crippen molar-refractivity contribution in [1.29, 1.82) is 0 Å². The summed E-state index contributed by atoms with van der Waals surface area (Å²) in [5.74, 6) is 1.87. The van der Waals surface area contributed by atoms with Gasteiger partial charge in [0, 0.05) is 17.0 Å². The molecule has 3 aliphatic rings. The molecule has 1 aromatic rings. The average Bonchev–Trinajstić information content (AvgIpc) is 3.38. The number of benzene rings is 1. The zero-order chi connectivity index (χ0) is 15.3. The number of ketones is 1. The van der Waals surface area contributed by atoms with Crippen LogP contribution >= 0.6 is 0 Å². The highest BCUT2D eigenvalue weighted by molar-refractivity contribution is 6.03. The Balaban J connectivity index is 1.55. The Morgan fingerprint density at radius 1 is 1.18 bits per heavy atom. The van der Waals surface area contributed by atoms with Gasteiger partial charge in [0.2, 0.25) is 0 Å². The Bertz CT molecular complexity index is 581. The zero-order valence-electron chi connectivity index (χ0n) is 13.8. The van der Waals surface area contributed by atoms with Crippen molar-refractivity contribution in [1.82, 2.24) is 4.90 Å². The van der Waals surface area contributed by atoms with Gasteiger partial charge in [0.25, 0.3) is 0 Å². The van der Waals surface area contributed by atoms with Gasteiger partial charge >= 0.3 is 0 Å². The number of Topliss-reactive ketones (excluding diaryl/α,β-unsaturated/α-hetero) is 1. The molecule has 118 valence electrons. The van der Waals surface area contributed by atoms with E-state index in [-0.39, 0.29) is 5.41 Å². The summed E-state index contributed by atoms with van der Waals surface area (Å²) >= 11 is 0. The first-order valence-electron chi connectivity index (χ1n) is 8.98. The number of piperidine rings is 1. The van der Waals surface area contributed by atoms with Gasteiger partial charge in [-0.1, -0.05) is 31.2 Å². The Morgan fingerprint density at radius 2 is 1.86 bits per heavy atom. The lowest BCUT2D eigenvalue weighted by atomic mass is 9.62. The number of fused-ring (bicyclic) bond motifs is 1. The first kappa shape index (κ1) is 14.4. The fourth-order valence-corrected chi connectivity index (χ4v) is 4.88. The van der Waals surface area contributed by atoms with Gasteiger partial charge in [0.1, 0.15) is 0 Å². The number of carbonyl (C=O) groups is 1. The van der Waals surface area contributed by atoms with Gasteiger partial charge in [-0.3, -0.25) is 4.79 Å². The van der Waals surface area contributed by atoms with Crippen LogP contribution in [-0.2, 0) is 0 Å². The lowest BCUT2D eigenvalue weighted by Crippen LogP contribution is -2.49. The molecule has 2 fully saturated rings. The van der Waals surface area contributed by atoms with Crippen molar-refractivity contribution in [3.8, 4) is 0 Å². The van der Waals surface area contributed by atoms with Crippen molar-refractivity contribution in [3.05, 3.63) is 35.4 Å². The summed E-state index contributed by atoms with van der Waals surface area (Å²) in [6.07, 6.45) is 5.98. The standard InChI is InChI=1S/C20H27NO/c1-14-13-20(19(22)18-6-4-3-5-17(14)18)9-11-21(12-10-20)15(2)16-7-8-16/h3-6,14-16H,7-13H2,1-2H3. The summed E-state index contributed by atoms with van der Waals surface area (Å²) in [6.45, 7) is 6.90. The quantitative estimate of drug-likeness (QED) is 0.813. The van der Waals surface area contributed by atoms with E-state index in [0.717, 1.165) is 49.9 Å². The van der Waals surface area contributed by atoms with Crippen molar-refractivity contribution in [2.45, 2.75) is 57.9 Å². The number of hydrogen-bond acceptors (Lipinski definition) is 2. The predicted molar refractivity (Wildman–Crippen MR) is 89.2 cm³/mol. The number of carbonyl (C=O) groups excluding carboxylic acids is 1. The van der Waals surface area contributed by atoms with Gasteiger partial charge in [0.05, 0.1) is 0 Å². The van der Waals surface area contributed by atoms with E-state index in [2.05, 4.69) is 30.9 Å². The van der Waals surface area contributed by atoms with E-state index in [1.54, 1.807) is 0 Å². The fraction of sp³-hybridized carbons (Fsp3) is 0.650. The van der Waals surface area contributed by atoms with Crippen molar-refractivity contribution in [2.75, 3.05) is 13.1 Å². The molecule has 2 atom stereocenters. The molecule has 1 aromatic carbocycles. The van der Waals surface area contributed by atoms with Crippen molar-refractivity contribution in [3.63, 3.8) is 0 Å². The van der Waals surface area contributed by atoms with Crippen LogP contribution in [0.15, 0.2) is 24.3 Å². The van der Waals surface area contributed by atoms with E-state index in [0.29, 0.717) is 11.7 Å². The molecule has 2 aliphatic carbocycles. The molecule has 1 aliphatic heterocycles. The molecule has 1 heterocycles. The minimum absolute atomic E-state index is 0.0759. The molecule has 1 spiro atoms. The van der Waals surface area contributed by atoms with Crippen LogP contribution in [0.1, 0.15) is 67.8 Å². The molecular formula is C20H27NO. The van der Waals surface area contributed by atoms with Crippen LogP contribution in [0.2, 0.25) is 0 Å². The number of hydrogen-bond donors (Lipinski definition) is 0. The average molecular weight is 297 g/mol. The van der Waals surface area contributed by atoms with Crippen molar-refractivity contribution >= 4 is 5.78 Å². The highest BCUT2D eigenvalue weighted by atomic mass is 16.1. The van der Waals surface area contributed by atoms with E-state index in [9.17, 15) is 4.79 Å². The molecule has 2 heteroatoms. The van der Waals surface area contributed by atoms with Crippen LogP contribution in [0, 0.1) is 11.3 Å². The molecule has 0 amide bonds. The molecular weight excluding hydrogens is 270 g/mol. The molecule has 0 bridgehead atoms. The first-order chi connectivity index (χ1) is 10.6. The third-order valence-electron chi connectivity index (χ3n) is 6.55. The highest BCUT2D eigenvalue weighted by Crippen LogP contribution is 2.49. The molecule has 2 unspecified atom stereocenters. The summed E-state index contributed by atoms with van der Waals surface area (Å²) in [4.78, 5) is 15.8. The fourth-order valence-electron chi connectivity index (χ4n) is 4.88. The molecule has 1 saturated heterocycles. The minimum Gasteiger partial charge on any atom is -0.300 e. The summed E-state index contributed by atoms with van der Waals surface area (Å²) in [5.41, 5.74) is 2.20. The third-order valence-corrected chi connectivity index (χ3v) is 6.55. The van der Waals surface area contributed by atoms with Gasteiger partial charge in [0.15, 0.2) is 5.78 Å². The topological polar surface area (TPSA) is 20.3 Å². The third kappa shape index (κ3) is 2.23. The Labute approximate surface area is 133 Å². The van der Waals surface area contributed by atoms with Crippen LogP contribution in [0.4, 0.5) is 0 Å². The maximum atomic E-state index is 13.1. The predicted octanol–water partition coefficient (Wildman–Crippen LogP) is 4.26. The second kappa shape index (κ2) is 5.19. The summed E-state index contributed by atoms with van der Waals surface area (Å²) < 4.78 is 0. The summed E-state index contributed by atoms with van der Waals surface area (Å²) in [7, 11) is 0. The molecule has 0 N–H and O–H groups in total. The molecule has 22 heavy (non-hydrogen) atoms. The molecule has 0 radical (unpaired) electrons. The van der Waals surface area contributed by atoms with Gasteiger partial charge < -0.3 is 4.90 Å². The number of rotatable bonds is 2. The maximum Gasteiger partial charge on any atom is 0.169 e. The van der Waals surface area contributed by atoms with Crippen molar-refractivity contribution < 1.29 is 4.79 Å². The van der Waals surface area contributed by atoms with Crippen LogP contribution in [0.25, 0.3) is 0 Å². The zero-order valence-corrected chi connectivity index (χ0v) is 13.8. The number of nitrogens with zero attached hydrogens (tertiary/aromatic N) is 1. The van der Waals surface area contributed by atoms with Gasteiger partial charge in [-0.25, -0.2) is 0 Å². The SMILES string of the molecule is CC1CC2(CCN(C(C)C3CC3)CC2)C(=O)c2ccccc21. The molecule has 1 saturated carbocycles. The van der Waals surface area contributed by atoms with E-state index in [4.69, 9.17) is 0 Å². The lowest BCUT2D eigenvalue weighted by molar-refractivity contribution is 0.0415. The lowest BCUT2D eigenvalue weighted by Gasteiger charge is -2.46. The smallest absolute Gasteiger partial charge is 0.169 e. The first-order valence-corrected chi connectivity index (χ1v) is 8.98. The largest absolute Gasteiger partial charge is 0.300 e. The van der Waals surface area contributed by atoms with Gasteiger partial charge in [-0.2, -0.15) is 0 Å². The molecule has 0 aromatic heterocycles. The Morgan fingerprint density at radius 3 is 2.55 bits per heavy atom. The normalized spacial score (nSPS) is 29.4. The van der Waals surface area contributed by atoms with Crippen LogP contribution in [0.5, 0.6) is 0 Å². The molecule has 2 nitrogen and oxygen atoms in total. The van der Waals surface area contributed by atoms with Crippen LogP contribution in [-0.4, -0.2) is 29.8 Å². The summed E-state index contributed by atoms with van der Waals surface area (Å²) in [6, 6.07) is 9.01. The van der Waals surface area contributed by atoms with Crippen LogP contribution in [0.3, 0.4) is 0 Å². The molecule has 4 rings (SSSR count). The second-order valence-electron chi connectivity index (χ2n) is 7.92. The van der Waals surface area contributed by atoms with E-state index >= 15 is 0 Å². The van der Waals surface area contributed by atoms with E-state index in [1.165, 1.54) is 18.4 Å². The Hall–Kier alpha value is -1.15.